The number of carbonyl (C=O) groups excluding carboxylic acids is 3. The summed E-state index contributed by atoms with van der Waals surface area (Å²) < 4.78 is 4.99. The first-order chi connectivity index (χ1) is 13.4. The van der Waals surface area contributed by atoms with E-state index >= 15 is 0 Å². The number of rotatable bonds is 4. The van der Waals surface area contributed by atoms with Crippen LogP contribution in [0.3, 0.4) is 0 Å². The third-order valence-corrected chi connectivity index (χ3v) is 4.54. The molecule has 0 unspecified atom stereocenters. The number of para-hydroxylation sites is 2. The Morgan fingerprint density at radius 3 is 2.71 bits per heavy atom. The quantitative estimate of drug-likeness (QED) is 0.872. The molecule has 0 saturated heterocycles. The highest BCUT2D eigenvalue weighted by Crippen LogP contribution is 2.31. The SMILES string of the molecule is COc1ccc(C(=O)N(C)CC(=O)N2c3ccccc3NC(=O)C[C@@H]2C)cn1. The smallest absolute Gasteiger partial charge is 0.255 e. The van der Waals surface area contributed by atoms with E-state index in [1.165, 1.54) is 18.2 Å². The van der Waals surface area contributed by atoms with E-state index in [1.807, 2.05) is 6.92 Å². The maximum Gasteiger partial charge on any atom is 0.255 e. The van der Waals surface area contributed by atoms with Gasteiger partial charge in [0.25, 0.3) is 5.91 Å². The van der Waals surface area contributed by atoms with Crippen molar-refractivity contribution in [2.45, 2.75) is 19.4 Å². The maximum absolute atomic E-state index is 13.0. The molecule has 1 aliphatic rings. The first-order valence-corrected chi connectivity index (χ1v) is 8.87. The van der Waals surface area contributed by atoms with Crippen molar-refractivity contribution in [3.8, 4) is 5.88 Å². The highest BCUT2D eigenvalue weighted by atomic mass is 16.5. The average Bonchev–Trinajstić information content (AvgIpc) is 2.81. The molecule has 0 aliphatic carbocycles. The summed E-state index contributed by atoms with van der Waals surface area (Å²) >= 11 is 0. The Hall–Kier alpha value is -3.42. The van der Waals surface area contributed by atoms with E-state index in [1.54, 1.807) is 48.3 Å². The first kappa shape index (κ1) is 19.3. The van der Waals surface area contributed by atoms with Crippen LogP contribution in [0.2, 0.25) is 0 Å². The molecule has 146 valence electrons. The van der Waals surface area contributed by atoms with Gasteiger partial charge in [0.15, 0.2) is 0 Å². The molecule has 2 aromatic rings. The number of ether oxygens (including phenoxy) is 1. The molecule has 0 spiro atoms. The van der Waals surface area contributed by atoms with Gasteiger partial charge in [-0.3, -0.25) is 14.4 Å². The van der Waals surface area contributed by atoms with Gasteiger partial charge in [0, 0.05) is 31.8 Å². The standard InChI is InChI=1S/C20H22N4O4/c1-13-10-17(25)22-15-6-4-5-7-16(15)24(13)19(26)12-23(2)20(27)14-8-9-18(28-3)21-11-14/h4-9,11,13H,10,12H2,1-3H3,(H,22,25)/t13-/m0/s1. The fourth-order valence-corrected chi connectivity index (χ4v) is 3.17. The van der Waals surface area contributed by atoms with Crippen LogP contribution in [0.25, 0.3) is 0 Å². The lowest BCUT2D eigenvalue weighted by Gasteiger charge is -2.29. The molecule has 8 heteroatoms. The van der Waals surface area contributed by atoms with Gasteiger partial charge in [-0.25, -0.2) is 4.98 Å². The van der Waals surface area contributed by atoms with Gasteiger partial charge in [-0.05, 0) is 25.1 Å². The largest absolute Gasteiger partial charge is 0.481 e. The fraction of sp³-hybridized carbons (Fsp3) is 0.300. The van der Waals surface area contributed by atoms with Crippen LogP contribution in [0.1, 0.15) is 23.7 Å². The van der Waals surface area contributed by atoms with Crippen molar-refractivity contribution in [3.05, 3.63) is 48.2 Å². The summed E-state index contributed by atoms with van der Waals surface area (Å²) in [6.07, 6.45) is 1.59. The second-order valence-corrected chi connectivity index (χ2v) is 6.63. The van der Waals surface area contributed by atoms with Crippen LogP contribution in [0, 0.1) is 0 Å². The molecule has 0 fully saturated rings. The van der Waals surface area contributed by atoms with E-state index in [2.05, 4.69) is 10.3 Å². The van der Waals surface area contributed by atoms with E-state index in [4.69, 9.17) is 4.74 Å². The van der Waals surface area contributed by atoms with Gasteiger partial charge in [0.2, 0.25) is 17.7 Å². The maximum atomic E-state index is 13.0. The molecule has 3 rings (SSSR count). The molecular formula is C20H22N4O4. The van der Waals surface area contributed by atoms with Gasteiger partial charge >= 0.3 is 0 Å². The van der Waals surface area contributed by atoms with Gasteiger partial charge < -0.3 is 19.9 Å². The van der Waals surface area contributed by atoms with Gasteiger partial charge in [0.1, 0.15) is 6.54 Å². The second kappa shape index (κ2) is 8.08. The summed E-state index contributed by atoms with van der Waals surface area (Å²) in [5.41, 5.74) is 1.56. The van der Waals surface area contributed by atoms with Crippen LogP contribution < -0.4 is 15.0 Å². The number of benzene rings is 1. The van der Waals surface area contributed by atoms with E-state index in [-0.39, 0.29) is 36.7 Å². The summed E-state index contributed by atoms with van der Waals surface area (Å²) in [5, 5.41) is 2.82. The Morgan fingerprint density at radius 2 is 2.04 bits per heavy atom. The zero-order valence-electron chi connectivity index (χ0n) is 16.0. The number of anilines is 2. The van der Waals surface area contributed by atoms with Gasteiger partial charge in [-0.2, -0.15) is 0 Å². The molecule has 0 saturated carbocycles. The molecule has 1 aromatic carbocycles. The van der Waals surface area contributed by atoms with E-state index in [0.29, 0.717) is 22.8 Å². The second-order valence-electron chi connectivity index (χ2n) is 6.63. The predicted molar refractivity (Wildman–Crippen MR) is 104 cm³/mol. The lowest BCUT2D eigenvalue weighted by atomic mass is 10.1. The van der Waals surface area contributed by atoms with Crippen LogP contribution in [0.4, 0.5) is 11.4 Å². The Kier molecular flexibility index (Phi) is 5.58. The zero-order valence-corrected chi connectivity index (χ0v) is 16.0. The lowest BCUT2D eigenvalue weighted by molar-refractivity contribution is -0.119. The summed E-state index contributed by atoms with van der Waals surface area (Å²) in [7, 11) is 3.05. The predicted octanol–water partition coefficient (Wildman–Crippen LogP) is 1.93. The molecule has 2 heterocycles. The topological polar surface area (TPSA) is 91.8 Å². The molecule has 1 aliphatic heterocycles. The van der Waals surface area contributed by atoms with Crippen molar-refractivity contribution in [1.82, 2.24) is 9.88 Å². The molecule has 0 radical (unpaired) electrons. The third-order valence-electron chi connectivity index (χ3n) is 4.54. The number of fused-ring (bicyclic) bond motifs is 1. The Labute approximate surface area is 163 Å². The lowest BCUT2D eigenvalue weighted by Crippen LogP contribution is -2.45. The fourth-order valence-electron chi connectivity index (χ4n) is 3.17. The summed E-state index contributed by atoms with van der Waals surface area (Å²) in [5.74, 6) is -0.339. The molecular weight excluding hydrogens is 360 g/mol. The number of pyridine rings is 1. The van der Waals surface area contributed by atoms with Gasteiger partial charge in [0.05, 0.1) is 24.0 Å². The normalized spacial score (nSPS) is 15.9. The van der Waals surface area contributed by atoms with Crippen molar-refractivity contribution < 1.29 is 19.1 Å². The third kappa shape index (κ3) is 3.95. The Bertz CT molecular complexity index is 897. The highest BCUT2D eigenvalue weighted by molar-refractivity contribution is 6.06. The molecule has 1 N–H and O–H groups in total. The first-order valence-electron chi connectivity index (χ1n) is 8.87. The van der Waals surface area contributed by atoms with Crippen molar-refractivity contribution in [1.29, 1.82) is 0 Å². The zero-order chi connectivity index (χ0) is 20.3. The van der Waals surface area contributed by atoms with Crippen LogP contribution in [0.15, 0.2) is 42.6 Å². The van der Waals surface area contributed by atoms with Crippen molar-refractivity contribution in [3.63, 3.8) is 0 Å². The monoisotopic (exact) mass is 382 g/mol. The van der Waals surface area contributed by atoms with Crippen molar-refractivity contribution in [2.24, 2.45) is 0 Å². The summed E-state index contributed by atoms with van der Waals surface area (Å²) in [4.78, 5) is 44.6. The molecule has 8 nitrogen and oxygen atoms in total. The minimum atomic E-state index is -0.331. The van der Waals surface area contributed by atoms with Crippen LogP contribution in [-0.2, 0) is 9.59 Å². The molecule has 3 amide bonds. The Balaban J connectivity index is 1.79. The molecule has 0 bridgehead atoms. The number of methoxy groups -OCH3 is 1. The number of amides is 3. The number of hydrogen-bond acceptors (Lipinski definition) is 5. The number of carbonyl (C=O) groups is 3. The summed E-state index contributed by atoms with van der Waals surface area (Å²) in [6, 6.07) is 10.00. The number of hydrogen-bond donors (Lipinski definition) is 1. The van der Waals surface area contributed by atoms with Gasteiger partial charge in [-0.1, -0.05) is 12.1 Å². The van der Waals surface area contributed by atoms with E-state index in [0.717, 1.165) is 0 Å². The molecule has 1 aromatic heterocycles. The van der Waals surface area contributed by atoms with Crippen molar-refractivity contribution >= 4 is 29.1 Å². The minimum absolute atomic E-state index is 0.127. The molecule has 1 atom stereocenters. The number of aromatic nitrogens is 1. The number of likely N-dealkylation sites (N-methyl/N-ethyl adjacent to an activating group) is 1. The number of nitrogens with zero attached hydrogens (tertiary/aromatic N) is 3. The van der Waals surface area contributed by atoms with Crippen LogP contribution in [-0.4, -0.2) is 54.3 Å². The average molecular weight is 382 g/mol. The van der Waals surface area contributed by atoms with Gasteiger partial charge in [-0.15, -0.1) is 0 Å². The number of nitrogens with one attached hydrogen (secondary N) is 1. The van der Waals surface area contributed by atoms with Crippen LogP contribution in [0.5, 0.6) is 5.88 Å². The Morgan fingerprint density at radius 1 is 1.29 bits per heavy atom. The minimum Gasteiger partial charge on any atom is -0.481 e. The van der Waals surface area contributed by atoms with Crippen molar-refractivity contribution in [2.75, 3.05) is 30.9 Å². The van der Waals surface area contributed by atoms with Crippen LogP contribution >= 0.6 is 0 Å². The van der Waals surface area contributed by atoms with E-state index < -0.39 is 0 Å². The molecule has 28 heavy (non-hydrogen) atoms. The van der Waals surface area contributed by atoms with E-state index in [9.17, 15) is 14.4 Å². The summed E-state index contributed by atoms with van der Waals surface area (Å²) in [6.45, 7) is 1.69. The highest BCUT2D eigenvalue weighted by Gasteiger charge is 2.30.